The Kier molecular flexibility index (Phi) is 14.8. The Bertz CT molecular complexity index is 3390. The number of carbonyl (C=O) groups is 2. The Morgan fingerprint density at radius 3 is 2.24 bits per heavy atom. The molecule has 18 nitrogen and oxygen atoms in total. The molecule has 2 saturated heterocycles. The Morgan fingerprint density at radius 2 is 1.51 bits per heavy atom. The van der Waals surface area contributed by atoms with Crippen LogP contribution in [0.25, 0.3) is 39.3 Å². The van der Waals surface area contributed by atoms with Gasteiger partial charge in [-0.15, -0.1) is 0 Å². The molecule has 9 heterocycles. The third-order valence-electron chi connectivity index (χ3n) is 15.1. The summed E-state index contributed by atoms with van der Waals surface area (Å²) in [6, 6.07) is 14.1. The zero-order valence-electron chi connectivity index (χ0n) is 45.4. The number of hydrogen-bond acceptors (Lipinski definition) is 15. The number of benzene rings is 2. The maximum Gasteiger partial charge on any atom is 0.275 e. The number of fused-ring (bicyclic) bond motifs is 4. The van der Waals surface area contributed by atoms with Gasteiger partial charge in [-0.3, -0.25) is 24.0 Å². The number of morpholine rings is 2. The highest BCUT2D eigenvalue weighted by Crippen LogP contribution is 2.47. The summed E-state index contributed by atoms with van der Waals surface area (Å²) in [6.45, 7) is 19.1. The molecule has 0 spiro atoms. The van der Waals surface area contributed by atoms with Gasteiger partial charge in [0.25, 0.3) is 11.8 Å². The first-order valence-corrected chi connectivity index (χ1v) is 28.5. The molecule has 0 aliphatic carbocycles. The molecule has 0 N–H and O–H groups in total. The van der Waals surface area contributed by atoms with Crippen molar-refractivity contribution in [3.63, 3.8) is 0 Å². The van der Waals surface area contributed by atoms with Gasteiger partial charge in [-0.2, -0.15) is 43.1 Å². The maximum absolute atomic E-state index is 15.3. The van der Waals surface area contributed by atoms with Gasteiger partial charge in [0.2, 0.25) is 0 Å². The van der Waals surface area contributed by atoms with E-state index >= 15 is 4.79 Å². The summed E-state index contributed by atoms with van der Waals surface area (Å²) in [6.07, 6.45) is 6.81. The number of anilines is 1. The number of amides is 2. The fourth-order valence-corrected chi connectivity index (χ4v) is 12.1. The van der Waals surface area contributed by atoms with Crippen LogP contribution in [0, 0.1) is 0 Å². The van der Waals surface area contributed by atoms with Crippen molar-refractivity contribution in [1.82, 2.24) is 39.1 Å². The lowest BCUT2D eigenvalue weighted by Gasteiger charge is -2.44. The Balaban J connectivity index is 0.898. The second-order valence-electron chi connectivity index (χ2n) is 21.0. The van der Waals surface area contributed by atoms with E-state index in [1.807, 2.05) is 101 Å². The van der Waals surface area contributed by atoms with E-state index in [0.29, 0.717) is 99.7 Å². The van der Waals surface area contributed by atoms with Gasteiger partial charge in [-0.05, 0) is 87.5 Å². The molecule has 11 rings (SSSR count). The van der Waals surface area contributed by atoms with Crippen molar-refractivity contribution in [1.29, 1.82) is 0 Å². The molecule has 2 aromatic carbocycles. The van der Waals surface area contributed by atoms with E-state index in [4.69, 9.17) is 43.7 Å². The van der Waals surface area contributed by atoms with Crippen molar-refractivity contribution in [3.8, 4) is 62.3 Å². The van der Waals surface area contributed by atoms with Crippen molar-refractivity contribution in [3.05, 3.63) is 111 Å². The normalized spacial score (nSPS) is 18.2. The van der Waals surface area contributed by atoms with Crippen LogP contribution in [0.3, 0.4) is 0 Å². The fraction of sp³-hybridized carbons (Fsp3) is 0.414. The van der Waals surface area contributed by atoms with Gasteiger partial charge in [0, 0.05) is 94.2 Å². The highest BCUT2D eigenvalue weighted by Gasteiger charge is 2.43. The van der Waals surface area contributed by atoms with Crippen LogP contribution < -0.4 is 24.0 Å². The van der Waals surface area contributed by atoms with Crippen LogP contribution in [-0.2, 0) is 46.9 Å². The maximum atomic E-state index is 15.3. The van der Waals surface area contributed by atoms with Crippen LogP contribution in [0.4, 0.5) is 5.69 Å². The number of hydrogen-bond donors (Lipinski definition) is 0. The van der Waals surface area contributed by atoms with Crippen LogP contribution in [0.5, 0.6) is 23.0 Å². The molecule has 1 unspecified atom stereocenters. The average molecular weight is 1100 g/mol. The standard InChI is InChI=1S/C58H66N10O8S2/c1-9-15-63-29-39(28-59-63)43-25-45-51(27-49(43)71-7)76-32-46-53(62-68(54(45)46)42-13-22-78-34-42)56(70)65-18-20-74-36-58(65,6)14-11-40-24-47(66(60-40)16-10-2)44-23-38-30-67(41-12-21-77-33-41)61-52(37(3)31-75-48(38)26-50(44)72-8)55(69)64-17-19-73-35-57(64,4)5/h12-13,21-29,33-34H,3,9-11,14-20,30-32,35-36H2,1-2,4-8H3. The van der Waals surface area contributed by atoms with Crippen LogP contribution in [-0.4, -0.2) is 128 Å². The molecular formula is C58H66N10O8S2. The van der Waals surface area contributed by atoms with E-state index in [0.717, 1.165) is 81.2 Å². The number of aromatic nitrogens is 6. The van der Waals surface area contributed by atoms with Crippen LogP contribution in [0.15, 0.2) is 93.6 Å². The zero-order valence-corrected chi connectivity index (χ0v) is 47.0. The molecule has 2 fully saturated rings. The summed E-state index contributed by atoms with van der Waals surface area (Å²) < 4.78 is 42.9. The lowest BCUT2D eigenvalue weighted by molar-refractivity contribution is -0.138. The molecule has 7 aromatic rings. The largest absolute Gasteiger partial charge is 0.496 e. The number of aryl methyl sites for hydroxylation is 3. The first kappa shape index (κ1) is 52.8. The predicted octanol–water partition coefficient (Wildman–Crippen LogP) is 9.93. The number of rotatable bonds is 15. The van der Waals surface area contributed by atoms with Gasteiger partial charge in [0.05, 0.1) is 92.9 Å². The minimum absolute atomic E-state index is 0.0480. The molecule has 78 heavy (non-hydrogen) atoms. The van der Waals surface area contributed by atoms with Gasteiger partial charge in [-0.1, -0.05) is 20.4 Å². The van der Waals surface area contributed by atoms with E-state index in [-0.39, 0.29) is 30.7 Å². The Labute approximate surface area is 462 Å². The quantitative estimate of drug-likeness (QED) is 0.0956. The van der Waals surface area contributed by atoms with E-state index in [9.17, 15) is 4.79 Å². The molecule has 5 aromatic heterocycles. The summed E-state index contributed by atoms with van der Waals surface area (Å²) in [5, 5.41) is 30.0. The smallest absolute Gasteiger partial charge is 0.275 e. The van der Waals surface area contributed by atoms with E-state index in [1.165, 1.54) is 0 Å². The summed E-state index contributed by atoms with van der Waals surface area (Å²) in [5.74, 6) is 2.13. The summed E-state index contributed by atoms with van der Waals surface area (Å²) in [4.78, 5) is 33.5. The Morgan fingerprint density at radius 1 is 0.795 bits per heavy atom. The number of methoxy groups -OCH3 is 2. The summed E-state index contributed by atoms with van der Waals surface area (Å²) in [7, 11) is 3.31. The number of nitrogens with zero attached hydrogens (tertiary/aromatic N) is 10. The van der Waals surface area contributed by atoms with E-state index in [2.05, 4.69) is 50.6 Å². The topological polar surface area (TPSA) is 165 Å². The van der Waals surface area contributed by atoms with Crippen molar-refractivity contribution < 1.29 is 38.0 Å². The van der Waals surface area contributed by atoms with Crippen LogP contribution in [0.1, 0.15) is 81.2 Å². The number of ether oxygens (including phenoxy) is 6. The molecule has 408 valence electrons. The highest BCUT2D eigenvalue weighted by molar-refractivity contribution is 7.08. The first-order valence-electron chi connectivity index (χ1n) is 26.6. The molecule has 20 heteroatoms. The molecular weight excluding hydrogens is 1030 g/mol. The SMILES string of the molecule is C=C1COc2cc(OC)c(-c3cc(CCC4(C)COCCN4C(=O)c4nn(-c5ccsc5)c5c4COc4cc(OC)c(-c6cnn(CCC)c6)cc4-5)nn3CCC)cc2CN(c2ccsc2)N=C1C(=O)N1CCOCC1(C)C. The number of carbonyl (C=O) groups excluding carboxylic acids is 2. The molecule has 4 aliphatic rings. The van der Waals surface area contributed by atoms with Crippen LogP contribution >= 0.6 is 22.7 Å². The molecule has 2 amide bonds. The highest BCUT2D eigenvalue weighted by atomic mass is 32.1. The lowest BCUT2D eigenvalue weighted by atomic mass is 9.91. The first-order chi connectivity index (χ1) is 37.8. The monoisotopic (exact) mass is 1090 g/mol. The predicted molar refractivity (Wildman–Crippen MR) is 302 cm³/mol. The van der Waals surface area contributed by atoms with E-state index < -0.39 is 11.1 Å². The molecule has 0 radical (unpaired) electrons. The van der Waals surface area contributed by atoms with E-state index in [1.54, 1.807) is 36.9 Å². The Hall–Kier alpha value is -7.26. The third kappa shape index (κ3) is 9.98. The zero-order chi connectivity index (χ0) is 54.3. The van der Waals surface area contributed by atoms with Gasteiger partial charge >= 0.3 is 0 Å². The van der Waals surface area contributed by atoms with Gasteiger partial charge in [-0.25, -0.2) is 4.68 Å². The second kappa shape index (κ2) is 21.9. The lowest BCUT2D eigenvalue weighted by Crippen LogP contribution is -2.57. The molecule has 1 atom stereocenters. The minimum Gasteiger partial charge on any atom is -0.496 e. The van der Waals surface area contributed by atoms with Gasteiger partial charge in [0.15, 0.2) is 11.4 Å². The van der Waals surface area contributed by atoms with Crippen molar-refractivity contribution in [2.45, 2.75) is 97.6 Å². The molecule has 0 bridgehead atoms. The third-order valence-corrected chi connectivity index (χ3v) is 16.4. The molecule has 4 aliphatic heterocycles. The van der Waals surface area contributed by atoms with Gasteiger partial charge < -0.3 is 38.2 Å². The molecule has 0 saturated carbocycles. The fourth-order valence-electron chi connectivity index (χ4n) is 10.9. The van der Waals surface area contributed by atoms with Crippen LogP contribution in [0.2, 0.25) is 0 Å². The van der Waals surface area contributed by atoms with Crippen molar-refractivity contribution >= 4 is 45.9 Å². The van der Waals surface area contributed by atoms with Crippen molar-refractivity contribution in [2.75, 3.05) is 65.4 Å². The minimum atomic E-state index is -0.709. The number of hydrazone groups is 1. The number of thiophene rings is 2. The second-order valence-corrected chi connectivity index (χ2v) is 22.6. The summed E-state index contributed by atoms with van der Waals surface area (Å²) in [5.41, 5.74) is 9.08. The van der Waals surface area contributed by atoms with Gasteiger partial charge in [0.1, 0.15) is 36.2 Å². The van der Waals surface area contributed by atoms with Crippen molar-refractivity contribution in [2.24, 2.45) is 5.10 Å². The summed E-state index contributed by atoms with van der Waals surface area (Å²) >= 11 is 3.12. The average Bonchev–Trinajstić information content (AvgIpc) is 4.43.